The molecular formula is C22H21N3O2S. The summed E-state index contributed by atoms with van der Waals surface area (Å²) in [5.74, 6) is -0.496. The molecule has 1 saturated heterocycles. The smallest absolute Gasteiger partial charge is 0.273 e. The van der Waals surface area contributed by atoms with E-state index in [1.165, 1.54) is 11.3 Å². The topological polar surface area (TPSA) is 76.3 Å². The monoisotopic (exact) mass is 391 g/mol. The molecular weight excluding hydrogens is 370 g/mol. The zero-order valence-corrected chi connectivity index (χ0v) is 16.2. The fraction of sp³-hybridized carbons (Fsp3) is 0.227. The fourth-order valence-electron chi connectivity index (χ4n) is 3.59. The first-order valence-corrected chi connectivity index (χ1v) is 10.1. The zero-order chi connectivity index (χ0) is 19.6. The summed E-state index contributed by atoms with van der Waals surface area (Å²) in [6.07, 6.45) is 1.25. The van der Waals surface area contributed by atoms with Crippen LogP contribution in [0.5, 0.6) is 0 Å². The van der Waals surface area contributed by atoms with Crippen molar-refractivity contribution in [1.29, 1.82) is 0 Å². The first kappa shape index (κ1) is 18.4. The Hall–Kier alpha value is -2.99. The van der Waals surface area contributed by atoms with E-state index in [1.54, 1.807) is 10.3 Å². The molecule has 1 aliphatic rings. The summed E-state index contributed by atoms with van der Waals surface area (Å²) in [7, 11) is 0. The van der Waals surface area contributed by atoms with Crippen LogP contribution in [0.2, 0.25) is 0 Å². The first-order valence-electron chi connectivity index (χ1n) is 9.17. The molecule has 0 aliphatic carbocycles. The van der Waals surface area contributed by atoms with Gasteiger partial charge in [0.1, 0.15) is 5.69 Å². The number of nitrogens with zero attached hydrogens (tertiary/aromatic N) is 2. The maximum absolute atomic E-state index is 12.8. The number of likely N-dealkylation sites (tertiary alicyclic amines) is 1. The van der Waals surface area contributed by atoms with Crippen LogP contribution in [0.25, 0.3) is 0 Å². The van der Waals surface area contributed by atoms with Gasteiger partial charge in [-0.25, -0.2) is 4.98 Å². The molecule has 0 unspecified atom stereocenters. The summed E-state index contributed by atoms with van der Waals surface area (Å²) >= 11 is 1.48. The van der Waals surface area contributed by atoms with E-state index in [4.69, 9.17) is 5.73 Å². The number of amides is 2. The molecule has 0 bridgehead atoms. The molecule has 2 aromatic carbocycles. The van der Waals surface area contributed by atoms with E-state index in [0.29, 0.717) is 31.6 Å². The van der Waals surface area contributed by atoms with E-state index >= 15 is 0 Å². The van der Waals surface area contributed by atoms with E-state index in [2.05, 4.69) is 4.98 Å². The summed E-state index contributed by atoms with van der Waals surface area (Å²) in [5.41, 5.74) is 7.64. The third-order valence-corrected chi connectivity index (χ3v) is 6.00. The molecule has 1 aromatic heterocycles. The van der Waals surface area contributed by atoms with Crippen molar-refractivity contribution in [2.45, 2.75) is 12.8 Å². The molecule has 2 N–H and O–H groups in total. The molecule has 2 amide bonds. The van der Waals surface area contributed by atoms with Crippen molar-refractivity contribution in [1.82, 2.24) is 9.88 Å². The highest BCUT2D eigenvalue weighted by Gasteiger charge is 2.50. The Balaban J connectivity index is 1.42. The lowest BCUT2D eigenvalue weighted by Crippen LogP contribution is -2.64. The number of aromatic nitrogens is 1. The molecule has 28 heavy (non-hydrogen) atoms. The van der Waals surface area contributed by atoms with Crippen LogP contribution in [0.1, 0.15) is 26.6 Å². The van der Waals surface area contributed by atoms with Gasteiger partial charge in [-0.1, -0.05) is 60.7 Å². The number of nitrogens with two attached hydrogens (primary N) is 1. The van der Waals surface area contributed by atoms with Crippen molar-refractivity contribution in [3.8, 4) is 0 Å². The van der Waals surface area contributed by atoms with Gasteiger partial charge in [0.25, 0.3) is 5.91 Å². The molecule has 0 spiro atoms. The van der Waals surface area contributed by atoms with Gasteiger partial charge in [0.05, 0.1) is 10.4 Å². The van der Waals surface area contributed by atoms with Crippen LogP contribution in [-0.2, 0) is 17.6 Å². The second kappa shape index (κ2) is 7.56. The Morgan fingerprint density at radius 1 is 1.00 bits per heavy atom. The maximum Gasteiger partial charge on any atom is 0.273 e. The second-order valence-electron chi connectivity index (χ2n) is 7.26. The average molecular weight is 391 g/mol. The van der Waals surface area contributed by atoms with Gasteiger partial charge < -0.3 is 10.6 Å². The van der Waals surface area contributed by atoms with Gasteiger partial charge in [0.2, 0.25) is 5.91 Å². The van der Waals surface area contributed by atoms with Crippen molar-refractivity contribution >= 4 is 23.2 Å². The van der Waals surface area contributed by atoms with Crippen molar-refractivity contribution < 1.29 is 9.59 Å². The van der Waals surface area contributed by atoms with Gasteiger partial charge in [0, 0.05) is 24.9 Å². The molecule has 1 aliphatic heterocycles. The first-order chi connectivity index (χ1) is 13.6. The van der Waals surface area contributed by atoms with Crippen molar-refractivity contribution in [2.75, 3.05) is 13.1 Å². The standard InChI is InChI=1S/C22H21N3O2S/c23-21(27)22(12-17-9-5-2-6-10-17)14-25(15-22)20(26)18-13-28-19(24-18)11-16-7-3-1-4-8-16/h1-10,13H,11-12,14-15H2,(H2,23,27). The van der Waals surface area contributed by atoms with Crippen LogP contribution in [0, 0.1) is 5.41 Å². The van der Waals surface area contributed by atoms with Crippen LogP contribution < -0.4 is 5.73 Å². The van der Waals surface area contributed by atoms with Gasteiger partial charge in [0.15, 0.2) is 0 Å². The van der Waals surface area contributed by atoms with Gasteiger partial charge in [-0.3, -0.25) is 9.59 Å². The highest BCUT2D eigenvalue weighted by atomic mass is 32.1. The number of carbonyl (C=O) groups excluding carboxylic acids is 2. The van der Waals surface area contributed by atoms with Gasteiger partial charge in [-0.2, -0.15) is 0 Å². The average Bonchev–Trinajstić information content (AvgIpc) is 3.14. The summed E-state index contributed by atoms with van der Waals surface area (Å²) < 4.78 is 0. The SMILES string of the molecule is NC(=O)C1(Cc2ccccc2)CN(C(=O)c2csc(Cc3ccccc3)n2)C1. The minimum absolute atomic E-state index is 0.138. The highest BCUT2D eigenvalue weighted by Crippen LogP contribution is 2.35. The summed E-state index contributed by atoms with van der Waals surface area (Å²) in [5, 5.41) is 2.70. The summed E-state index contributed by atoms with van der Waals surface area (Å²) in [4.78, 5) is 31.0. The third-order valence-electron chi connectivity index (χ3n) is 5.15. The van der Waals surface area contributed by atoms with Crippen LogP contribution in [0.15, 0.2) is 66.0 Å². The van der Waals surface area contributed by atoms with Crippen molar-refractivity contribution in [3.05, 3.63) is 87.9 Å². The molecule has 3 aromatic rings. The molecule has 4 rings (SSSR count). The lowest BCUT2D eigenvalue weighted by Gasteiger charge is -2.47. The number of hydrogen-bond donors (Lipinski definition) is 1. The largest absolute Gasteiger partial charge is 0.369 e. The number of rotatable bonds is 6. The van der Waals surface area contributed by atoms with Gasteiger partial charge in [-0.05, 0) is 17.5 Å². The minimum Gasteiger partial charge on any atom is -0.369 e. The summed E-state index contributed by atoms with van der Waals surface area (Å²) in [6.45, 7) is 0.670. The number of thiazole rings is 1. The molecule has 2 heterocycles. The fourth-order valence-corrected chi connectivity index (χ4v) is 4.39. The number of primary amides is 1. The van der Waals surface area contributed by atoms with E-state index in [-0.39, 0.29) is 11.8 Å². The molecule has 0 radical (unpaired) electrons. The predicted octanol–water partition coefficient (Wildman–Crippen LogP) is 2.90. The Morgan fingerprint density at radius 3 is 2.21 bits per heavy atom. The lowest BCUT2D eigenvalue weighted by molar-refractivity contribution is -0.135. The lowest BCUT2D eigenvalue weighted by atomic mass is 9.74. The Bertz CT molecular complexity index is 979. The molecule has 0 saturated carbocycles. The van der Waals surface area contributed by atoms with Gasteiger partial charge >= 0.3 is 0 Å². The second-order valence-corrected chi connectivity index (χ2v) is 8.20. The van der Waals surface area contributed by atoms with Crippen molar-refractivity contribution in [3.63, 3.8) is 0 Å². The Kier molecular flexibility index (Phi) is 4.96. The molecule has 6 heteroatoms. The minimum atomic E-state index is -0.695. The highest BCUT2D eigenvalue weighted by molar-refractivity contribution is 7.09. The van der Waals surface area contributed by atoms with Gasteiger partial charge in [-0.15, -0.1) is 11.3 Å². The van der Waals surface area contributed by atoms with Crippen LogP contribution >= 0.6 is 11.3 Å². The molecule has 5 nitrogen and oxygen atoms in total. The normalized spacial score (nSPS) is 15.1. The molecule has 1 fully saturated rings. The number of benzene rings is 2. The van der Waals surface area contributed by atoms with Crippen LogP contribution in [0.4, 0.5) is 0 Å². The summed E-state index contributed by atoms with van der Waals surface area (Å²) in [6, 6.07) is 19.8. The predicted molar refractivity (Wildman–Crippen MR) is 109 cm³/mol. The van der Waals surface area contributed by atoms with E-state index < -0.39 is 5.41 Å². The molecule has 0 atom stereocenters. The van der Waals surface area contributed by atoms with Crippen LogP contribution in [-0.4, -0.2) is 34.8 Å². The zero-order valence-electron chi connectivity index (χ0n) is 15.4. The molecule has 142 valence electrons. The van der Waals surface area contributed by atoms with E-state index in [0.717, 1.165) is 16.1 Å². The van der Waals surface area contributed by atoms with Crippen LogP contribution in [0.3, 0.4) is 0 Å². The van der Waals surface area contributed by atoms with Crippen molar-refractivity contribution in [2.24, 2.45) is 11.1 Å². The number of hydrogen-bond acceptors (Lipinski definition) is 4. The van der Waals surface area contributed by atoms with E-state index in [1.807, 2.05) is 60.7 Å². The van der Waals surface area contributed by atoms with E-state index in [9.17, 15) is 9.59 Å². The maximum atomic E-state index is 12.8. The third kappa shape index (κ3) is 3.68. The Labute approximate surface area is 167 Å². The number of carbonyl (C=O) groups is 2. The Morgan fingerprint density at radius 2 is 1.61 bits per heavy atom. The quantitative estimate of drug-likeness (QED) is 0.702.